The first kappa shape index (κ1) is 52.9. The summed E-state index contributed by atoms with van der Waals surface area (Å²) in [5, 5.41) is 0. The highest BCUT2D eigenvalue weighted by atomic mass is 16.5. The molecule has 0 amide bonds. The molecular formula is C50H97NO5. The van der Waals surface area contributed by atoms with E-state index in [1.807, 2.05) is 0 Å². The van der Waals surface area contributed by atoms with Gasteiger partial charge in [-0.05, 0) is 62.8 Å². The lowest BCUT2D eigenvalue weighted by Gasteiger charge is -2.27. The van der Waals surface area contributed by atoms with Gasteiger partial charge in [0.2, 0.25) is 0 Å². The van der Waals surface area contributed by atoms with Gasteiger partial charge in [-0.25, -0.2) is 0 Å². The maximum atomic E-state index is 12.4. The van der Waals surface area contributed by atoms with Crippen LogP contribution in [0.3, 0.4) is 0 Å². The van der Waals surface area contributed by atoms with E-state index in [1.54, 1.807) is 0 Å². The van der Waals surface area contributed by atoms with Crippen LogP contribution in [0.15, 0.2) is 0 Å². The second-order valence-corrected chi connectivity index (χ2v) is 17.8. The molecule has 1 aliphatic heterocycles. The number of nitrogens with zero attached hydrogens (tertiary/aromatic N) is 1. The normalized spacial score (nSPS) is 13.7. The lowest BCUT2D eigenvalue weighted by molar-refractivity contribution is -0.145. The van der Waals surface area contributed by atoms with Crippen molar-refractivity contribution >= 4 is 11.9 Å². The van der Waals surface area contributed by atoms with Gasteiger partial charge >= 0.3 is 11.9 Å². The van der Waals surface area contributed by atoms with Gasteiger partial charge in [-0.1, -0.05) is 195 Å². The van der Waals surface area contributed by atoms with Gasteiger partial charge < -0.3 is 14.2 Å². The summed E-state index contributed by atoms with van der Waals surface area (Å²) in [5.74, 6) is 2.29. The van der Waals surface area contributed by atoms with E-state index in [0.717, 1.165) is 82.6 Å². The van der Waals surface area contributed by atoms with E-state index in [1.165, 1.54) is 173 Å². The second kappa shape index (κ2) is 40.6. The molecule has 0 aromatic rings. The number of carbonyl (C=O) groups excluding carboxylic acids is 2. The van der Waals surface area contributed by atoms with E-state index in [0.29, 0.717) is 26.1 Å². The van der Waals surface area contributed by atoms with Crippen LogP contribution in [-0.4, -0.2) is 62.9 Å². The molecule has 0 saturated carbocycles. The van der Waals surface area contributed by atoms with Gasteiger partial charge in [-0.3, -0.25) is 14.5 Å². The topological polar surface area (TPSA) is 65.1 Å². The molecule has 332 valence electrons. The quantitative estimate of drug-likeness (QED) is 0.0453. The van der Waals surface area contributed by atoms with Crippen molar-refractivity contribution < 1.29 is 23.8 Å². The monoisotopic (exact) mass is 792 g/mol. The summed E-state index contributed by atoms with van der Waals surface area (Å²) in [7, 11) is 0. The third-order valence-corrected chi connectivity index (χ3v) is 12.6. The Balaban J connectivity index is 2.24. The Bertz CT molecular complexity index is 769. The fourth-order valence-electron chi connectivity index (χ4n) is 8.75. The highest BCUT2D eigenvalue weighted by molar-refractivity contribution is 5.69. The standard InChI is InChI=1S/C50H97NO5/c1-5-9-19-28-47(29-20-10-6-2)37-42-55-49(52)35-25-17-13-15-23-32-46(34-27-39-51-40-44-54-45-41-51)33-24-16-14-18-26-36-50(53)56-43-38-48(30-21-11-7-3)31-22-12-8-4/h46-48H,5-45H2,1-4H3. The molecule has 1 fully saturated rings. The summed E-state index contributed by atoms with van der Waals surface area (Å²) >= 11 is 0. The van der Waals surface area contributed by atoms with Crippen LogP contribution in [0, 0.1) is 17.8 Å². The van der Waals surface area contributed by atoms with E-state index in [9.17, 15) is 9.59 Å². The molecule has 1 aliphatic rings. The minimum atomic E-state index is 0.0146. The minimum Gasteiger partial charge on any atom is -0.466 e. The van der Waals surface area contributed by atoms with Gasteiger partial charge in [0.05, 0.1) is 26.4 Å². The zero-order valence-electron chi connectivity index (χ0n) is 38.2. The molecule has 0 aromatic carbocycles. The molecule has 56 heavy (non-hydrogen) atoms. The number of hydrogen-bond acceptors (Lipinski definition) is 6. The van der Waals surface area contributed by atoms with Crippen LogP contribution in [0.1, 0.15) is 246 Å². The lowest BCUT2D eigenvalue weighted by atomic mass is 9.90. The van der Waals surface area contributed by atoms with Gasteiger partial charge in [0, 0.05) is 25.9 Å². The lowest BCUT2D eigenvalue weighted by Crippen LogP contribution is -2.36. The van der Waals surface area contributed by atoms with Crippen LogP contribution in [0.25, 0.3) is 0 Å². The molecule has 1 rings (SSSR count). The number of ether oxygens (including phenoxy) is 3. The molecule has 1 saturated heterocycles. The van der Waals surface area contributed by atoms with Crippen molar-refractivity contribution in [3.8, 4) is 0 Å². The zero-order chi connectivity index (χ0) is 40.6. The van der Waals surface area contributed by atoms with Crippen molar-refractivity contribution in [2.75, 3.05) is 46.1 Å². The van der Waals surface area contributed by atoms with Crippen molar-refractivity contribution in [1.29, 1.82) is 0 Å². The molecule has 0 unspecified atom stereocenters. The van der Waals surface area contributed by atoms with Gasteiger partial charge in [0.25, 0.3) is 0 Å². The van der Waals surface area contributed by atoms with E-state index in [2.05, 4.69) is 32.6 Å². The third kappa shape index (κ3) is 33.8. The summed E-state index contributed by atoms with van der Waals surface area (Å²) in [4.78, 5) is 27.4. The van der Waals surface area contributed by atoms with Crippen molar-refractivity contribution in [3.63, 3.8) is 0 Å². The minimum absolute atomic E-state index is 0.0146. The largest absolute Gasteiger partial charge is 0.466 e. The highest BCUT2D eigenvalue weighted by Gasteiger charge is 2.15. The Morgan fingerprint density at radius 2 is 0.750 bits per heavy atom. The van der Waals surface area contributed by atoms with Crippen LogP contribution in [0.5, 0.6) is 0 Å². The van der Waals surface area contributed by atoms with Crippen LogP contribution in [0.2, 0.25) is 0 Å². The van der Waals surface area contributed by atoms with E-state index in [4.69, 9.17) is 14.2 Å². The highest BCUT2D eigenvalue weighted by Crippen LogP contribution is 2.25. The van der Waals surface area contributed by atoms with Crippen LogP contribution in [-0.2, 0) is 23.8 Å². The molecular weight excluding hydrogens is 695 g/mol. The molecule has 0 aromatic heterocycles. The first-order valence-corrected chi connectivity index (χ1v) is 25.1. The van der Waals surface area contributed by atoms with Crippen LogP contribution < -0.4 is 0 Å². The van der Waals surface area contributed by atoms with Gasteiger partial charge in [0.15, 0.2) is 0 Å². The Morgan fingerprint density at radius 3 is 1.14 bits per heavy atom. The van der Waals surface area contributed by atoms with E-state index in [-0.39, 0.29) is 11.9 Å². The van der Waals surface area contributed by atoms with Crippen molar-refractivity contribution in [3.05, 3.63) is 0 Å². The van der Waals surface area contributed by atoms with Crippen LogP contribution >= 0.6 is 0 Å². The Hall–Kier alpha value is -1.14. The number of unbranched alkanes of at least 4 members (excludes halogenated alkanes) is 16. The molecule has 6 heteroatoms. The maximum Gasteiger partial charge on any atom is 0.305 e. The summed E-state index contributed by atoms with van der Waals surface area (Å²) in [6, 6.07) is 0. The molecule has 6 nitrogen and oxygen atoms in total. The summed E-state index contributed by atoms with van der Waals surface area (Å²) < 4.78 is 16.9. The Morgan fingerprint density at radius 1 is 0.429 bits per heavy atom. The molecule has 0 bridgehead atoms. The van der Waals surface area contributed by atoms with E-state index < -0.39 is 0 Å². The van der Waals surface area contributed by atoms with E-state index >= 15 is 0 Å². The van der Waals surface area contributed by atoms with Gasteiger partial charge in [-0.2, -0.15) is 0 Å². The molecule has 0 spiro atoms. The Kier molecular flexibility index (Phi) is 38.4. The summed E-state index contributed by atoms with van der Waals surface area (Å²) in [6.45, 7) is 15.5. The fraction of sp³-hybridized carbons (Fsp3) is 0.960. The molecule has 0 N–H and O–H groups in total. The molecule has 1 heterocycles. The first-order chi connectivity index (χ1) is 27.5. The molecule has 0 atom stereocenters. The summed E-state index contributed by atoms with van der Waals surface area (Å²) in [5.41, 5.74) is 0. The van der Waals surface area contributed by atoms with Crippen molar-refractivity contribution in [2.45, 2.75) is 246 Å². The average Bonchev–Trinajstić information content (AvgIpc) is 3.20. The van der Waals surface area contributed by atoms with Crippen LogP contribution in [0.4, 0.5) is 0 Å². The number of hydrogen-bond donors (Lipinski definition) is 0. The third-order valence-electron chi connectivity index (χ3n) is 12.6. The van der Waals surface area contributed by atoms with Gasteiger partial charge in [-0.15, -0.1) is 0 Å². The van der Waals surface area contributed by atoms with Gasteiger partial charge in [0.1, 0.15) is 0 Å². The maximum absolute atomic E-state index is 12.4. The predicted molar refractivity (Wildman–Crippen MR) is 239 cm³/mol. The Labute approximate surface area is 349 Å². The van der Waals surface area contributed by atoms with Crippen molar-refractivity contribution in [1.82, 2.24) is 4.90 Å². The average molecular weight is 792 g/mol. The predicted octanol–water partition coefficient (Wildman–Crippen LogP) is 14.6. The number of carbonyl (C=O) groups is 2. The fourth-order valence-corrected chi connectivity index (χ4v) is 8.75. The smallest absolute Gasteiger partial charge is 0.305 e. The van der Waals surface area contributed by atoms with Crippen molar-refractivity contribution in [2.24, 2.45) is 17.8 Å². The number of rotatable bonds is 42. The number of esters is 2. The second-order valence-electron chi connectivity index (χ2n) is 17.8. The first-order valence-electron chi connectivity index (χ1n) is 25.1. The number of morpholine rings is 1. The zero-order valence-corrected chi connectivity index (χ0v) is 38.2. The molecule has 0 radical (unpaired) electrons. The SMILES string of the molecule is CCCCCC(CCCCC)CCOC(=O)CCCCCCCC(CCCCCCCC(=O)OCCC(CCCCC)CCCCC)CCCN1CCOCC1. The molecule has 0 aliphatic carbocycles. The summed E-state index contributed by atoms with van der Waals surface area (Å²) in [6.07, 6.45) is 41.2.